The minimum atomic E-state index is 0.0239. The van der Waals surface area contributed by atoms with Gasteiger partial charge in [-0.15, -0.1) is 0 Å². The SMILES string of the molecule is CC(=O)c1ccc(OCCOc2ccccc2)cc1Br. The molecule has 2 rings (SSSR count). The molecule has 2 aromatic carbocycles. The van der Waals surface area contributed by atoms with E-state index in [1.54, 1.807) is 18.2 Å². The first-order chi connectivity index (χ1) is 9.66. The van der Waals surface area contributed by atoms with Gasteiger partial charge in [-0.25, -0.2) is 0 Å². The third kappa shape index (κ3) is 4.10. The van der Waals surface area contributed by atoms with Crippen LogP contribution in [0.3, 0.4) is 0 Å². The van der Waals surface area contributed by atoms with Crippen molar-refractivity contribution in [2.45, 2.75) is 6.92 Å². The van der Waals surface area contributed by atoms with Crippen LogP contribution < -0.4 is 9.47 Å². The van der Waals surface area contributed by atoms with Crippen LogP contribution in [-0.2, 0) is 0 Å². The van der Waals surface area contributed by atoms with Gasteiger partial charge in [-0.2, -0.15) is 0 Å². The summed E-state index contributed by atoms with van der Waals surface area (Å²) in [4.78, 5) is 11.3. The van der Waals surface area contributed by atoms with Gasteiger partial charge >= 0.3 is 0 Å². The molecular formula is C16H15BrO3. The maximum atomic E-state index is 11.3. The normalized spacial score (nSPS) is 10.1. The number of Topliss-reactive ketones (excluding diaryl/α,β-unsaturated/α-hetero) is 1. The summed E-state index contributed by atoms with van der Waals surface area (Å²) in [6.45, 7) is 2.45. The molecule has 0 radical (unpaired) electrons. The van der Waals surface area contributed by atoms with Crippen LogP contribution in [0.2, 0.25) is 0 Å². The van der Waals surface area contributed by atoms with Gasteiger partial charge in [0, 0.05) is 10.0 Å². The maximum absolute atomic E-state index is 11.3. The average molecular weight is 335 g/mol. The summed E-state index contributed by atoms with van der Waals surface area (Å²) in [5.74, 6) is 1.55. The molecule has 0 bridgehead atoms. The highest BCUT2D eigenvalue weighted by molar-refractivity contribution is 9.10. The molecular weight excluding hydrogens is 320 g/mol. The molecule has 0 unspecified atom stereocenters. The zero-order chi connectivity index (χ0) is 14.4. The zero-order valence-electron chi connectivity index (χ0n) is 11.1. The molecule has 0 fully saturated rings. The number of ether oxygens (including phenoxy) is 2. The van der Waals surface area contributed by atoms with Crippen molar-refractivity contribution in [1.29, 1.82) is 0 Å². The Labute approximate surface area is 126 Å². The van der Waals surface area contributed by atoms with Crippen molar-refractivity contribution in [1.82, 2.24) is 0 Å². The fourth-order valence-electron chi connectivity index (χ4n) is 1.71. The van der Waals surface area contributed by atoms with E-state index in [1.807, 2.05) is 30.3 Å². The van der Waals surface area contributed by atoms with Gasteiger partial charge in [0.15, 0.2) is 5.78 Å². The van der Waals surface area contributed by atoms with Gasteiger partial charge in [0.2, 0.25) is 0 Å². The smallest absolute Gasteiger partial charge is 0.160 e. The standard InChI is InChI=1S/C16H15BrO3/c1-12(18)15-8-7-14(11-16(15)17)20-10-9-19-13-5-3-2-4-6-13/h2-8,11H,9-10H2,1H3. The lowest BCUT2D eigenvalue weighted by Gasteiger charge is -2.09. The van der Waals surface area contributed by atoms with Crippen molar-refractivity contribution in [3.05, 3.63) is 58.6 Å². The van der Waals surface area contributed by atoms with Crippen LogP contribution in [0.1, 0.15) is 17.3 Å². The molecule has 0 amide bonds. The molecule has 4 heteroatoms. The van der Waals surface area contributed by atoms with Crippen molar-refractivity contribution in [2.75, 3.05) is 13.2 Å². The van der Waals surface area contributed by atoms with Crippen molar-refractivity contribution in [2.24, 2.45) is 0 Å². The summed E-state index contributed by atoms with van der Waals surface area (Å²) >= 11 is 3.36. The topological polar surface area (TPSA) is 35.5 Å². The summed E-state index contributed by atoms with van der Waals surface area (Å²) in [5.41, 5.74) is 0.651. The highest BCUT2D eigenvalue weighted by Gasteiger charge is 2.06. The number of carbonyl (C=O) groups excluding carboxylic acids is 1. The van der Waals surface area contributed by atoms with Gasteiger partial charge in [-0.1, -0.05) is 18.2 Å². The fourth-order valence-corrected chi connectivity index (χ4v) is 2.34. The van der Waals surface area contributed by atoms with Crippen LogP contribution in [0.4, 0.5) is 0 Å². The first-order valence-corrected chi connectivity index (χ1v) is 7.07. The molecule has 0 aliphatic rings. The average Bonchev–Trinajstić information content (AvgIpc) is 2.44. The van der Waals surface area contributed by atoms with Crippen LogP contribution in [0.25, 0.3) is 0 Å². The molecule has 0 heterocycles. The third-order valence-corrected chi connectivity index (χ3v) is 3.34. The third-order valence-electron chi connectivity index (χ3n) is 2.68. The Balaban J connectivity index is 1.83. The van der Waals surface area contributed by atoms with Gasteiger partial charge in [-0.3, -0.25) is 4.79 Å². The Bertz CT molecular complexity index is 582. The minimum Gasteiger partial charge on any atom is -0.490 e. The second kappa shape index (κ2) is 7.10. The van der Waals surface area contributed by atoms with Crippen molar-refractivity contribution < 1.29 is 14.3 Å². The Morgan fingerprint density at radius 3 is 2.25 bits per heavy atom. The van der Waals surface area contributed by atoms with E-state index in [0.29, 0.717) is 24.5 Å². The summed E-state index contributed by atoms with van der Waals surface area (Å²) in [5, 5.41) is 0. The monoisotopic (exact) mass is 334 g/mol. The number of halogens is 1. The van der Waals surface area contributed by atoms with E-state index in [0.717, 1.165) is 10.2 Å². The largest absolute Gasteiger partial charge is 0.490 e. The van der Waals surface area contributed by atoms with Crippen LogP contribution in [-0.4, -0.2) is 19.0 Å². The number of para-hydroxylation sites is 1. The number of carbonyl (C=O) groups is 1. The van der Waals surface area contributed by atoms with E-state index in [4.69, 9.17) is 9.47 Å². The maximum Gasteiger partial charge on any atom is 0.160 e. The quantitative estimate of drug-likeness (QED) is 0.589. The van der Waals surface area contributed by atoms with Crippen LogP contribution >= 0.6 is 15.9 Å². The van der Waals surface area contributed by atoms with Crippen molar-refractivity contribution in [3.8, 4) is 11.5 Å². The molecule has 0 atom stereocenters. The minimum absolute atomic E-state index is 0.0239. The molecule has 2 aromatic rings. The molecule has 3 nitrogen and oxygen atoms in total. The van der Waals surface area contributed by atoms with E-state index >= 15 is 0 Å². The van der Waals surface area contributed by atoms with Crippen LogP contribution in [0.5, 0.6) is 11.5 Å². The summed E-state index contributed by atoms with van der Waals surface area (Å²) in [6.07, 6.45) is 0. The second-order valence-corrected chi connectivity index (χ2v) is 5.06. The molecule has 0 aliphatic heterocycles. The number of ketones is 1. The highest BCUT2D eigenvalue weighted by Crippen LogP contribution is 2.23. The molecule has 0 spiro atoms. The highest BCUT2D eigenvalue weighted by atomic mass is 79.9. The second-order valence-electron chi connectivity index (χ2n) is 4.21. The lowest BCUT2D eigenvalue weighted by Crippen LogP contribution is -2.09. The Morgan fingerprint density at radius 2 is 1.65 bits per heavy atom. The lowest BCUT2D eigenvalue weighted by atomic mass is 10.1. The molecule has 0 saturated carbocycles. The van der Waals surface area contributed by atoms with Crippen molar-refractivity contribution in [3.63, 3.8) is 0 Å². The number of hydrogen-bond acceptors (Lipinski definition) is 3. The first kappa shape index (κ1) is 14.6. The molecule has 104 valence electrons. The Kier molecular flexibility index (Phi) is 5.18. The van der Waals surface area contributed by atoms with Gasteiger partial charge in [0.25, 0.3) is 0 Å². The first-order valence-electron chi connectivity index (χ1n) is 6.28. The molecule has 0 N–H and O–H groups in total. The van der Waals surface area contributed by atoms with Crippen LogP contribution in [0.15, 0.2) is 53.0 Å². The summed E-state index contributed by atoms with van der Waals surface area (Å²) in [7, 11) is 0. The number of benzene rings is 2. The van der Waals surface area contributed by atoms with Crippen LogP contribution in [0, 0.1) is 0 Å². The van der Waals surface area contributed by atoms with Gasteiger partial charge in [0.1, 0.15) is 24.7 Å². The Hall–Kier alpha value is -1.81. The number of rotatable bonds is 6. The molecule has 0 aromatic heterocycles. The fraction of sp³-hybridized carbons (Fsp3) is 0.188. The van der Waals surface area contributed by atoms with E-state index in [1.165, 1.54) is 6.92 Å². The van der Waals surface area contributed by atoms with E-state index < -0.39 is 0 Å². The molecule has 0 saturated heterocycles. The number of hydrogen-bond donors (Lipinski definition) is 0. The predicted molar refractivity (Wildman–Crippen MR) is 81.6 cm³/mol. The van der Waals surface area contributed by atoms with Gasteiger partial charge in [0.05, 0.1) is 0 Å². The van der Waals surface area contributed by atoms with E-state index in [9.17, 15) is 4.79 Å². The summed E-state index contributed by atoms with van der Waals surface area (Å²) < 4.78 is 11.8. The Morgan fingerprint density at radius 1 is 1.00 bits per heavy atom. The predicted octanol–water partition coefficient (Wildman–Crippen LogP) is 4.11. The van der Waals surface area contributed by atoms with Gasteiger partial charge in [-0.05, 0) is 53.2 Å². The van der Waals surface area contributed by atoms with E-state index in [-0.39, 0.29) is 5.78 Å². The zero-order valence-corrected chi connectivity index (χ0v) is 12.7. The lowest BCUT2D eigenvalue weighted by molar-refractivity contribution is 0.101. The van der Waals surface area contributed by atoms with Crippen molar-refractivity contribution >= 4 is 21.7 Å². The molecule has 0 aliphatic carbocycles. The molecule has 20 heavy (non-hydrogen) atoms. The van der Waals surface area contributed by atoms with Gasteiger partial charge < -0.3 is 9.47 Å². The summed E-state index contributed by atoms with van der Waals surface area (Å²) in [6, 6.07) is 14.9. The van der Waals surface area contributed by atoms with E-state index in [2.05, 4.69) is 15.9 Å².